The van der Waals surface area contributed by atoms with Gasteiger partial charge in [0, 0.05) is 11.9 Å². The first-order chi connectivity index (χ1) is 13.6. The van der Waals surface area contributed by atoms with E-state index in [-0.39, 0.29) is 11.6 Å². The van der Waals surface area contributed by atoms with E-state index in [1.54, 1.807) is 62.9 Å². The van der Waals surface area contributed by atoms with E-state index in [4.69, 9.17) is 9.47 Å². The van der Waals surface area contributed by atoms with E-state index < -0.39 is 0 Å². The number of hydrogen-bond donors (Lipinski definition) is 1. The van der Waals surface area contributed by atoms with E-state index in [0.717, 1.165) is 5.56 Å². The third kappa shape index (κ3) is 4.54. The number of allylic oxidation sites excluding steroid dienone is 1. The van der Waals surface area contributed by atoms with E-state index in [9.17, 15) is 9.18 Å². The summed E-state index contributed by atoms with van der Waals surface area (Å²) < 4.78 is 23.6. The molecule has 2 aromatic carbocycles. The Balaban J connectivity index is 1.81. The fourth-order valence-corrected chi connectivity index (χ4v) is 2.59. The van der Waals surface area contributed by atoms with Crippen LogP contribution in [-0.4, -0.2) is 25.0 Å². The number of nitrogens with one attached hydrogen (secondary N) is 1. The molecule has 0 aliphatic heterocycles. The van der Waals surface area contributed by atoms with Gasteiger partial charge in [-0.3, -0.25) is 4.79 Å². The molecule has 6 heteroatoms. The van der Waals surface area contributed by atoms with Crippen molar-refractivity contribution in [2.24, 2.45) is 0 Å². The molecule has 0 spiro atoms. The van der Waals surface area contributed by atoms with Crippen molar-refractivity contribution in [1.29, 1.82) is 0 Å². The Morgan fingerprint density at radius 2 is 1.79 bits per heavy atom. The normalized spacial score (nSPS) is 10.7. The highest BCUT2D eigenvalue weighted by molar-refractivity contribution is 6.10. The van der Waals surface area contributed by atoms with Crippen molar-refractivity contribution in [3.05, 3.63) is 83.8 Å². The zero-order chi connectivity index (χ0) is 19.9. The van der Waals surface area contributed by atoms with Crippen LogP contribution in [0, 0.1) is 5.82 Å². The number of aromatic nitrogens is 1. The van der Waals surface area contributed by atoms with E-state index in [2.05, 4.69) is 10.3 Å². The summed E-state index contributed by atoms with van der Waals surface area (Å²) in [6.45, 7) is 0. The number of ketones is 1. The largest absolute Gasteiger partial charge is 0.493 e. The number of anilines is 2. The molecule has 3 rings (SSSR count). The van der Waals surface area contributed by atoms with Crippen LogP contribution in [0.1, 0.15) is 15.9 Å². The molecule has 0 atom stereocenters. The van der Waals surface area contributed by atoms with Crippen LogP contribution in [0.4, 0.5) is 15.9 Å². The van der Waals surface area contributed by atoms with Gasteiger partial charge >= 0.3 is 0 Å². The molecular weight excluding hydrogens is 359 g/mol. The molecule has 1 N–H and O–H groups in total. The van der Waals surface area contributed by atoms with Crippen LogP contribution in [-0.2, 0) is 0 Å². The number of benzene rings is 2. The molecular formula is C22H19FN2O3. The summed E-state index contributed by atoms with van der Waals surface area (Å²) in [6, 6.07) is 14.6. The first-order valence-electron chi connectivity index (χ1n) is 8.53. The number of hydrogen-bond acceptors (Lipinski definition) is 5. The molecule has 142 valence electrons. The summed E-state index contributed by atoms with van der Waals surface area (Å²) in [5.74, 6) is 1.05. The summed E-state index contributed by atoms with van der Waals surface area (Å²) in [6.07, 6.45) is 4.74. The van der Waals surface area contributed by atoms with Crippen molar-refractivity contribution in [1.82, 2.24) is 4.98 Å². The van der Waals surface area contributed by atoms with Crippen molar-refractivity contribution in [3.63, 3.8) is 0 Å². The van der Waals surface area contributed by atoms with Crippen molar-refractivity contribution < 1.29 is 18.7 Å². The maximum Gasteiger partial charge on any atom is 0.189 e. The zero-order valence-corrected chi connectivity index (χ0v) is 15.5. The Morgan fingerprint density at radius 3 is 2.50 bits per heavy atom. The SMILES string of the molecule is COc1ccc(C=CC(=O)c2cccnc2Nc2ccc(F)cc2)cc1OC. The summed E-state index contributed by atoms with van der Waals surface area (Å²) in [7, 11) is 3.12. The maximum absolute atomic E-state index is 13.1. The Labute approximate surface area is 162 Å². The fraction of sp³-hybridized carbons (Fsp3) is 0.0909. The van der Waals surface area contributed by atoms with Crippen LogP contribution < -0.4 is 14.8 Å². The molecule has 0 unspecified atom stereocenters. The lowest BCUT2D eigenvalue weighted by molar-refractivity contribution is 0.104. The first-order valence-corrected chi connectivity index (χ1v) is 8.53. The van der Waals surface area contributed by atoms with Crippen molar-refractivity contribution in [3.8, 4) is 11.5 Å². The number of halogens is 1. The highest BCUT2D eigenvalue weighted by Gasteiger charge is 2.10. The van der Waals surface area contributed by atoms with Crippen LogP contribution in [0.2, 0.25) is 0 Å². The second-order valence-electron chi connectivity index (χ2n) is 5.84. The Hall–Kier alpha value is -3.67. The molecule has 0 amide bonds. The average Bonchev–Trinajstić information content (AvgIpc) is 2.73. The topological polar surface area (TPSA) is 60.5 Å². The van der Waals surface area contributed by atoms with Gasteiger partial charge in [-0.1, -0.05) is 12.1 Å². The van der Waals surface area contributed by atoms with E-state index in [1.807, 2.05) is 6.07 Å². The lowest BCUT2D eigenvalue weighted by Gasteiger charge is -2.09. The van der Waals surface area contributed by atoms with Gasteiger partial charge in [0.1, 0.15) is 11.6 Å². The van der Waals surface area contributed by atoms with Gasteiger partial charge in [-0.2, -0.15) is 0 Å². The molecule has 0 aliphatic carbocycles. The Morgan fingerprint density at radius 1 is 1.04 bits per heavy atom. The second-order valence-corrected chi connectivity index (χ2v) is 5.84. The Kier molecular flexibility index (Phi) is 6.01. The number of pyridine rings is 1. The van der Waals surface area contributed by atoms with Crippen molar-refractivity contribution in [2.75, 3.05) is 19.5 Å². The van der Waals surface area contributed by atoms with Crippen LogP contribution >= 0.6 is 0 Å². The summed E-state index contributed by atoms with van der Waals surface area (Å²) in [4.78, 5) is 16.9. The van der Waals surface area contributed by atoms with Crippen molar-refractivity contribution in [2.45, 2.75) is 0 Å². The monoisotopic (exact) mass is 378 g/mol. The van der Waals surface area contributed by atoms with E-state index in [1.165, 1.54) is 18.2 Å². The molecule has 3 aromatic rings. The molecule has 0 saturated carbocycles. The first kappa shape index (κ1) is 19.1. The molecule has 0 radical (unpaired) electrons. The standard InChI is InChI=1S/C22H19FN2O3/c1-27-20-12-6-15(14-21(20)28-2)5-11-19(26)18-4-3-13-24-22(18)25-17-9-7-16(23)8-10-17/h3-14H,1-2H3,(H,24,25). The predicted octanol–water partition coefficient (Wildman–Crippen LogP) is 4.88. The molecule has 28 heavy (non-hydrogen) atoms. The quantitative estimate of drug-likeness (QED) is 0.469. The fourth-order valence-electron chi connectivity index (χ4n) is 2.59. The lowest BCUT2D eigenvalue weighted by Crippen LogP contribution is -2.03. The number of carbonyl (C=O) groups excluding carboxylic acids is 1. The van der Waals surface area contributed by atoms with Crippen LogP contribution in [0.25, 0.3) is 6.08 Å². The van der Waals surface area contributed by atoms with Gasteiger partial charge in [0.25, 0.3) is 0 Å². The third-order valence-electron chi connectivity index (χ3n) is 4.01. The van der Waals surface area contributed by atoms with Gasteiger partial charge in [-0.15, -0.1) is 0 Å². The molecule has 0 fully saturated rings. The Bertz CT molecular complexity index is 1000. The molecule has 0 saturated heterocycles. The van der Waals surface area contributed by atoms with Gasteiger partial charge in [-0.05, 0) is 60.2 Å². The van der Waals surface area contributed by atoms with Crippen LogP contribution in [0.3, 0.4) is 0 Å². The van der Waals surface area contributed by atoms with E-state index in [0.29, 0.717) is 28.6 Å². The van der Waals surface area contributed by atoms with Gasteiger partial charge < -0.3 is 14.8 Å². The van der Waals surface area contributed by atoms with Gasteiger partial charge in [0.05, 0.1) is 19.8 Å². The number of rotatable bonds is 7. The predicted molar refractivity (Wildman–Crippen MR) is 107 cm³/mol. The minimum absolute atomic E-state index is 0.215. The zero-order valence-electron chi connectivity index (χ0n) is 15.5. The molecule has 1 aromatic heterocycles. The van der Waals surface area contributed by atoms with Gasteiger partial charge in [-0.25, -0.2) is 9.37 Å². The molecule has 1 heterocycles. The molecule has 0 aliphatic rings. The number of ether oxygens (including phenoxy) is 2. The second kappa shape index (κ2) is 8.81. The highest BCUT2D eigenvalue weighted by atomic mass is 19.1. The minimum atomic E-state index is -0.333. The van der Waals surface area contributed by atoms with Crippen LogP contribution in [0.5, 0.6) is 11.5 Å². The third-order valence-corrected chi connectivity index (χ3v) is 4.01. The molecule has 5 nitrogen and oxygen atoms in total. The smallest absolute Gasteiger partial charge is 0.189 e. The maximum atomic E-state index is 13.1. The van der Waals surface area contributed by atoms with Gasteiger partial charge in [0.2, 0.25) is 0 Å². The lowest BCUT2D eigenvalue weighted by atomic mass is 10.1. The van der Waals surface area contributed by atoms with E-state index >= 15 is 0 Å². The van der Waals surface area contributed by atoms with Crippen molar-refractivity contribution >= 4 is 23.4 Å². The van der Waals surface area contributed by atoms with Crippen LogP contribution in [0.15, 0.2) is 66.9 Å². The highest BCUT2D eigenvalue weighted by Crippen LogP contribution is 2.28. The number of carbonyl (C=O) groups is 1. The summed E-state index contributed by atoms with van der Waals surface area (Å²) in [5.41, 5.74) is 1.84. The molecule has 0 bridgehead atoms. The number of nitrogens with zero attached hydrogens (tertiary/aromatic N) is 1. The number of methoxy groups -OCH3 is 2. The summed E-state index contributed by atoms with van der Waals surface area (Å²) >= 11 is 0. The minimum Gasteiger partial charge on any atom is -0.493 e. The van der Waals surface area contributed by atoms with Gasteiger partial charge in [0.15, 0.2) is 17.3 Å². The average molecular weight is 378 g/mol. The summed E-state index contributed by atoms with van der Waals surface area (Å²) in [5, 5.41) is 3.04.